The van der Waals surface area contributed by atoms with Gasteiger partial charge in [-0.25, -0.2) is 0 Å². The van der Waals surface area contributed by atoms with Gasteiger partial charge in [0.05, 0.1) is 0 Å². The molecule has 3 heteroatoms. The van der Waals surface area contributed by atoms with Gasteiger partial charge in [-0.15, -0.1) is 0 Å². The fourth-order valence-electron chi connectivity index (χ4n) is 4.24. The van der Waals surface area contributed by atoms with Crippen molar-refractivity contribution in [2.75, 3.05) is 41.3 Å². The molecule has 30 heavy (non-hydrogen) atoms. The van der Waals surface area contributed by atoms with E-state index in [0.717, 1.165) is 17.9 Å². The molecule has 3 nitrogen and oxygen atoms in total. The number of aryl methyl sites for hydroxylation is 2. The summed E-state index contributed by atoms with van der Waals surface area (Å²) in [5, 5.41) is 0. The van der Waals surface area contributed by atoms with Crippen LogP contribution in [0, 0.1) is 0 Å². The molecule has 2 aromatic carbocycles. The fraction of sp³-hybridized carbons (Fsp3) is 0.556. The second-order valence-corrected chi connectivity index (χ2v) is 9.39. The summed E-state index contributed by atoms with van der Waals surface area (Å²) in [4.78, 5) is 4.54. The van der Waals surface area contributed by atoms with Gasteiger partial charge in [0.25, 0.3) is 0 Å². The third-order valence-corrected chi connectivity index (χ3v) is 5.99. The number of ether oxygens (including phenoxy) is 1. The van der Waals surface area contributed by atoms with Crippen molar-refractivity contribution in [1.82, 2.24) is 9.80 Å². The Bertz CT molecular complexity index is 732. The van der Waals surface area contributed by atoms with E-state index in [1.807, 2.05) is 0 Å². The summed E-state index contributed by atoms with van der Waals surface area (Å²) >= 11 is 0. The van der Waals surface area contributed by atoms with E-state index in [0.29, 0.717) is 0 Å². The molecule has 0 spiro atoms. The van der Waals surface area contributed by atoms with Gasteiger partial charge in [0.2, 0.25) is 0 Å². The molecule has 0 unspecified atom stereocenters. The van der Waals surface area contributed by atoms with E-state index in [1.165, 1.54) is 86.7 Å². The van der Waals surface area contributed by atoms with Crippen molar-refractivity contribution in [2.45, 2.75) is 57.8 Å². The molecule has 0 amide bonds. The summed E-state index contributed by atoms with van der Waals surface area (Å²) in [6.07, 6.45) is 11.0. The predicted octanol–water partition coefficient (Wildman–Crippen LogP) is 5.93. The van der Waals surface area contributed by atoms with Crippen LogP contribution in [-0.4, -0.2) is 51.1 Å². The Morgan fingerprint density at radius 1 is 0.633 bits per heavy atom. The second kappa shape index (κ2) is 11.5. The van der Waals surface area contributed by atoms with Gasteiger partial charge in [-0.3, -0.25) is 0 Å². The van der Waals surface area contributed by atoms with Gasteiger partial charge in [-0.1, -0.05) is 37.1 Å². The Hall–Kier alpha value is -1.84. The van der Waals surface area contributed by atoms with E-state index >= 15 is 0 Å². The molecule has 0 atom stereocenters. The van der Waals surface area contributed by atoms with Crippen molar-refractivity contribution < 1.29 is 4.74 Å². The fourth-order valence-corrected chi connectivity index (χ4v) is 4.24. The van der Waals surface area contributed by atoms with E-state index in [1.54, 1.807) is 0 Å². The number of hydrogen-bond acceptors (Lipinski definition) is 3. The molecule has 0 saturated carbocycles. The summed E-state index contributed by atoms with van der Waals surface area (Å²) in [5.41, 5.74) is 5.58. The Labute approximate surface area is 184 Å². The molecule has 0 aromatic heterocycles. The molecule has 2 aromatic rings. The van der Waals surface area contributed by atoms with E-state index in [9.17, 15) is 0 Å². The topological polar surface area (TPSA) is 15.7 Å². The van der Waals surface area contributed by atoms with Gasteiger partial charge in [-0.05, 0) is 114 Å². The van der Waals surface area contributed by atoms with E-state index < -0.39 is 0 Å². The van der Waals surface area contributed by atoms with E-state index in [-0.39, 0.29) is 0 Å². The van der Waals surface area contributed by atoms with Gasteiger partial charge in [0, 0.05) is 6.42 Å². The number of nitrogens with zero attached hydrogens (tertiary/aromatic N) is 2. The van der Waals surface area contributed by atoms with Crippen LogP contribution in [-0.2, 0) is 19.3 Å². The van der Waals surface area contributed by atoms with Crippen molar-refractivity contribution in [3.63, 3.8) is 0 Å². The number of hydrogen-bond donors (Lipinski definition) is 0. The van der Waals surface area contributed by atoms with Crippen molar-refractivity contribution in [2.24, 2.45) is 0 Å². The molecule has 164 valence electrons. The zero-order valence-corrected chi connectivity index (χ0v) is 19.5. The Morgan fingerprint density at radius 2 is 1.10 bits per heavy atom. The smallest absolute Gasteiger partial charge is 0.130 e. The van der Waals surface area contributed by atoms with Gasteiger partial charge in [0.15, 0.2) is 0 Å². The lowest BCUT2D eigenvalue weighted by molar-refractivity contribution is 0.391. The number of rotatable bonds is 12. The van der Waals surface area contributed by atoms with E-state index in [2.05, 4.69) is 74.4 Å². The molecule has 0 radical (unpaired) electrons. The highest BCUT2D eigenvalue weighted by Crippen LogP contribution is 2.37. The van der Waals surface area contributed by atoms with Crippen molar-refractivity contribution >= 4 is 0 Å². The molecule has 3 rings (SSSR count). The van der Waals surface area contributed by atoms with Gasteiger partial charge < -0.3 is 14.5 Å². The largest absolute Gasteiger partial charge is 0.457 e. The zero-order chi connectivity index (χ0) is 21.3. The average Bonchev–Trinajstić information content (AvgIpc) is 2.71. The molecular formula is C27H40N2O. The molecule has 1 heterocycles. The first-order valence-corrected chi connectivity index (χ1v) is 11.7. The van der Waals surface area contributed by atoms with Crippen molar-refractivity contribution in [1.29, 1.82) is 0 Å². The first-order valence-electron chi connectivity index (χ1n) is 11.7. The quantitative estimate of drug-likeness (QED) is 0.345. The predicted molar refractivity (Wildman–Crippen MR) is 128 cm³/mol. The van der Waals surface area contributed by atoms with Crippen molar-refractivity contribution in [3.05, 3.63) is 58.7 Å². The number of benzene rings is 2. The van der Waals surface area contributed by atoms with Gasteiger partial charge in [-0.2, -0.15) is 0 Å². The lowest BCUT2D eigenvalue weighted by Gasteiger charge is -2.22. The molecule has 0 saturated heterocycles. The van der Waals surface area contributed by atoms with E-state index in [4.69, 9.17) is 4.74 Å². The Kier molecular flexibility index (Phi) is 8.77. The lowest BCUT2D eigenvalue weighted by atomic mass is 9.94. The Morgan fingerprint density at radius 3 is 1.53 bits per heavy atom. The van der Waals surface area contributed by atoms with Crippen LogP contribution in [0.3, 0.4) is 0 Å². The number of fused-ring (bicyclic) bond motifs is 2. The highest BCUT2D eigenvalue weighted by Gasteiger charge is 2.17. The van der Waals surface area contributed by atoms with Gasteiger partial charge >= 0.3 is 0 Å². The lowest BCUT2D eigenvalue weighted by Crippen LogP contribution is -2.12. The maximum absolute atomic E-state index is 6.22. The first kappa shape index (κ1) is 22.8. The monoisotopic (exact) mass is 408 g/mol. The molecule has 0 fully saturated rings. The highest BCUT2D eigenvalue weighted by atomic mass is 16.5. The van der Waals surface area contributed by atoms with Crippen LogP contribution < -0.4 is 4.74 Å². The van der Waals surface area contributed by atoms with Crippen LogP contribution in [0.2, 0.25) is 0 Å². The third kappa shape index (κ3) is 7.14. The summed E-state index contributed by atoms with van der Waals surface area (Å²) in [7, 11) is 8.60. The standard InChI is InChI=1S/C27H40N2O/c1-28(2)17-9-5-7-11-22-13-15-26-24(19-22)21-25-20-23(14-16-27(25)30-26)12-8-6-10-18-29(3)4/h13-16,19-20H,5-12,17-18,21H2,1-4H3. The van der Waals surface area contributed by atoms with Gasteiger partial charge in [0.1, 0.15) is 11.5 Å². The third-order valence-electron chi connectivity index (χ3n) is 5.99. The minimum atomic E-state index is 0.994. The average molecular weight is 409 g/mol. The molecule has 0 N–H and O–H groups in total. The number of unbranched alkanes of at least 4 members (excludes halogenated alkanes) is 4. The summed E-state index contributed by atoms with van der Waals surface area (Å²) in [6, 6.07) is 13.6. The molecule has 0 bridgehead atoms. The van der Waals surface area contributed by atoms with Crippen LogP contribution in [0.1, 0.15) is 60.8 Å². The van der Waals surface area contributed by atoms with Crippen molar-refractivity contribution in [3.8, 4) is 11.5 Å². The first-order chi connectivity index (χ1) is 14.5. The minimum Gasteiger partial charge on any atom is -0.457 e. The zero-order valence-electron chi connectivity index (χ0n) is 19.5. The summed E-state index contributed by atoms with van der Waals surface area (Å²) < 4.78 is 6.22. The minimum absolute atomic E-state index is 0.994. The molecular weight excluding hydrogens is 368 g/mol. The van der Waals surface area contributed by atoms with Crippen LogP contribution in [0.25, 0.3) is 0 Å². The molecule has 1 aliphatic heterocycles. The van der Waals surface area contributed by atoms with Crippen LogP contribution in [0.5, 0.6) is 11.5 Å². The normalized spacial score (nSPS) is 12.7. The second-order valence-electron chi connectivity index (χ2n) is 9.39. The summed E-state index contributed by atoms with van der Waals surface area (Å²) in [6.45, 7) is 2.37. The van der Waals surface area contributed by atoms with Crippen LogP contribution in [0.15, 0.2) is 36.4 Å². The Balaban J connectivity index is 1.52. The molecule has 0 aliphatic carbocycles. The molecule has 1 aliphatic rings. The van der Waals surface area contributed by atoms with Crippen LogP contribution >= 0.6 is 0 Å². The maximum Gasteiger partial charge on any atom is 0.130 e. The SMILES string of the molecule is CN(C)CCCCCc1ccc2c(c1)Cc1cc(CCCCCN(C)C)ccc1O2. The summed E-state index contributed by atoms with van der Waals surface area (Å²) in [5.74, 6) is 2.07. The van der Waals surface area contributed by atoms with Crippen LogP contribution in [0.4, 0.5) is 0 Å². The highest BCUT2D eigenvalue weighted by molar-refractivity contribution is 5.51. The maximum atomic E-state index is 6.22.